The Morgan fingerprint density at radius 2 is 1.84 bits per heavy atom. The Bertz CT molecular complexity index is 1190. The van der Waals surface area contributed by atoms with Gasteiger partial charge < -0.3 is 9.73 Å². The number of anilines is 1. The average Bonchev–Trinajstić information content (AvgIpc) is 3.22. The van der Waals surface area contributed by atoms with E-state index in [1.807, 2.05) is 54.6 Å². The van der Waals surface area contributed by atoms with Crippen molar-refractivity contribution < 1.29 is 9.21 Å². The second-order valence-corrected chi connectivity index (χ2v) is 8.91. The van der Waals surface area contributed by atoms with Crippen molar-refractivity contribution in [2.24, 2.45) is 0 Å². The number of benzene rings is 3. The minimum absolute atomic E-state index is 0.0628. The van der Waals surface area contributed by atoms with Crippen LogP contribution in [0.4, 0.5) is 5.69 Å². The molecule has 4 rings (SSSR count). The minimum Gasteiger partial charge on any atom is -0.436 e. The number of carbonyl (C=O) groups is 1. The molecule has 0 aliphatic carbocycles. The van der Waals surface area contributed by atoms with Crippen molar-refractivity contribution in [3.63, 3.8) is 0 Å². The fraction of sp³-hybridized carbons (Fsp3) is 0.200. The number of amides is 1. The maximum absolute atomic E-state index is 12.2. The van der Waals surface area contributed by atoms with E-state index < -0.39 is 0 Å². The molecule has 4 nitrogen and oxygen atoms in total. The largest absolute Gasteiger partial charge is 0.436 e. The van der Waals surface area contributed by atoms with Crippen molar-refractivity contribution in [2.75, 3.05) is 11.1 Å². The van der Waals surface area contributed by atoms with Crippen LogP contribution in [0.5, 0.6) is 0 Å². The van der Waals surface area contributed by atoms with Crippen LogP contribution in [0, 0.1) is 0 Å². The van der Waals surface area contributed by atoms with E-state index in [1.54, 1.807) is 0 Å². The highest BCUT2D eigenvalue weighted by molar-refractivity contribution is 8.00. The van der Waals surface area contributed by atoms with Gasteiger partial charge in [0, 0.05) is 21.2 Å². The number of fused-ring (bicyclic) bond motifs is 1. The fourth-order valence-electron chi connectivity index (χ4n) is 3.18. The van der Waals surface area contributed by atoms with Crippen molar-refractivity contribution in [3.8, 4) is 11.5 Å². The van der Waals surface area contributed by atoms with Crippen LogP contribution in [0.25, 0.3) is 22.6 Å². The predicted molar refractivity (Wildman–Crippen MR) is 129 cm³/mol. The Balaban J connectivity index is 1.40. The molecule has 0 aliphatic heterocycles. The van der Waals surface area contributed by atoms with E-state index in [0.29, 0.717) is 22.6 Å². The van der Waals surface area contributed by atoms with Gasteiger partial charge in [-0.3, -0.25) is 4.79 Å². The van der Waals surface area contributed by atoms with Crippen LogP contribution in [0.2, 0.25) is 5.02 Å². The first kappa shape index (κ1) is 21.5. The lowest BCUT2D eigenvalue weighted by atomic mass is 9.98. The summed E-state index contributed by atoms with van der Waals surface area (Å²) in [5.74, 6) is 1.33. The number of oxazole rings is 1. The molecule has 31 heavy (non-hydrogen) atoms. The molecule has 1 atom stereocenters. The SMILES string of the molecule is CC[C@H](C)c1ccc2oc(-c3ccc(NC(=O)CSc4ccc(Cl)cc4)cc3)nc2c1. The molecule has 0 saturated carbocycles. The van der Waals surface area contributed by atoms with Gasteiger partial charge in [-0.2, -0.15) is 0 Å². The molecule has 0 saturated heterocycles. The van der Waals surface area contributed by atoms with Crippen LogP contribution >= 0.6 is 23.4 Å². The molecule has 1 heterocycles. The predicted octanol–water partition coefficient (Wildman–Crippen LogP) is 7.39. The van der Waals surface area contributed by atoms with E-state index in [2.05, 4.69) is 36.3 Å². The lowest BCUT2D eigenvalue weighted by Crippen LogP contribution is -2.13. The van der Waals surface area contributed by atoms with E-state index in [-0.39, 0.29) is 5.91 Å². The van der Waals surface area contributed by atoms with Crippen LogP contribution in [0.1, 0.15) is 31.7 Å². The highest BCUT2D eigenvalue weighted by atomic mass is 35.5. The van der Waals surface area contributed by atoms with Crippen LogP contribution in [-0.4, -0.2) is 16.6 Å². The summed E-state index contributed by atoms with van der Waals surface area (Å²) in [6, 6.07) is 21.2. The number of thioether (sulfide) groups is 1. The summed E-state index contributed by atoms with van der Waals surface area (Å²) in [5, 5.41) is 3.60. The van der Waals surface area contributed by atoms with Crippen molar-refractivity contribution in [2.45, 2.75) is 31.1 Å². The third kappa shape index (κ3) is 5.30. The third-order valence-electron chi connectivity index (χ3n) is 5.19. The van der Waals surface area contributed by atoms with Gasteiger partial charge in [0.15, 0.2) is 5.58 Å². The molecule has 4 aromatic rings. The highest BCUT2D eigenvalue weighted by Gasteiger charge is 2.11. The summed E-state index contributed by atoms with van der Waals surface area (Å²) < 4.78 is 5.93. The molecule has 0 fully saturated rings. The van der Waals surface area contributed by atoms with Crippen molar-refractivity contribution in [1.29, 1.82) is 0 Å². The van der Waals surface area contributed by atoms with E-state index in [1.165, 1.54) is 17.3 Å². The molecule has 158 valence electrons. The zero-order valence-electron chi connectivity index (χ0n) is 17.4. The van der Waals surface area contributed by atoms with Gasteiger partial charge in [-0.25, -0.2) is 4.98 Å². The first-order chi connectivity index (χ1) is 15.0. The van der Waals surface area contributed by atoms with Gasteiger partial charge >= 0.3 is 0 Å². The Kier molecular flexibility index (Phi) is 6.64. The molecule has 1 aromatic heterocycles. The minimum atomic E-state index is -0.0628. The Morgan fingerprint density at radius 3 is 2.55 bits per heavy atom. The smallest absolute Gasteiger partial charge is 0.234 e. The van der Waals surface area contributed by atoms with Crippen molar-refractivity contribution in [1.82, 2.24) is 4.98 Å². The molecule has 3 aromatic carbocycles. The van der Waals surface area contributed by atoms with E-state index in [9.17, 15) is 4.79 Å². The van der Waals surface area contributed by atoms with Gasteiger partial charge in [-0.1, -0.05) is 31.5 Å². The van der Waals surface area contributed by atoms with E-state index >= 15 is 0 Å². The van der Waals surface area contributed by atoms with Gasteiger partial charge in [0.2, 0.25) is 11.8 Å². The molecule has 1 N–H and O–H groups in total. The lowest BCUT2D eigenvalue weighted by Gasteiger charge is -2.07. The number of hydrogen-bond acceptors (Lipinski definition) is 4. The summed E-state index contributed by atoms with van der Waals surface area (Å²) in [4.78, 5) is 17.9. The zero-order valence-corrected chi connectivity index (χ0v) is 19.0. The molecular weight excluding hydrogens is 428 g/mol. The number of aromatic nitrogens is 1. The second kappa shape index (κ2) is 9.58. The van der Waals surface area contributed by atoms with Crippen LogP contribution in [0.3, 0.4) is 0 Å². The Morgan fingerprint density at radius 1 is 1.10 bits per heavy atom. The quantitative estimate of drug-likeness (QED) is 0.298. The maximum atomic E-state index is 12.2. The van der Waals surface area contributed by atoms with Crippen LogP contribution < -0.4 is 5.32 Å². The average molecular weight is 451 g/mol. The lowest BCUT2D eigenvalue weighted by molar-refractivity contribution is -0.113. The number of rotatable bonds is 7. The summed E-state index contributed by atoms with van der Waals surface area (Å²) in [7, 11) is 0. The summed E-state index contributed by atoms with van der Waals surface area (Å²) in [6.45, 7) is 4.39. The summed E-state index contributed by atoms with van der Waals surface area (Å²) in [5.41, 5.74) is 4.52. The normalized spacial score (nSPS) is 12.1. The van der Waals surface area contributed by atoms with Gasteiger partial charge in [0.1, 0.15) is 5.52 Å². The van der Waals surface area contributed by atoms with Crippen LogP contribution in [-0.2, 0) is 4.79 Å². The molecule has 0 bridgehead atoms. The molecule has 0 aliphatic rings. The first-order valence-electron chi connectivity index (χ1n) is 10.2. The molecule has 0 spiro atoms. The number of halogens is 1. The monoisotopic (exact) mass is 450 g/mol. The van der Waals surface area contributed by atoms with Crippen molar-refractivity contribution in [3.05, 3.63) is 77.3 Å². The van der Waals surface area contributed by atoms with Gasteiger partial charge in [-0.15, -0.1) is 11.8 Å². The first-order valence-corrected chi connectivity index (χ1v) is 11.6. The molecule has 0 unspecified atom stereocenters. The van der Waals surface area contributed by atoms with E-state index in [4.69, 9.17) is 16.0 Å². The topological polar surface area (TPSA) is 55.1 Å². The van der Waals surface area contributed by atoms with Gasteiger partial charge in [0.25, 0.3) is 0 Å². The van der Waals surface area contributed by atoms with Gasteiger partial charge in [-0.05, 0) is 78.6 Å². The van der Waals surface area contributed by atoms with Crippen molar-refractivity contribution >= 4 is 46.1 Å². The van der Waals surface area contributed by atoms with E-state index in [0.717, 1.165) is 33.7 Å². The molecule has 0 radical (unpaired) electrons. The molecule has 1 amide bonds. The van der Waals surface area contributed by atoms with Gasteiger partial charge in [0.05, 0.1) is 5.75 Å². The third-order valence-corrected chi connectivity index (χ3v) is 6.46. The number of nitrogens with zero attached hydrogens (tertiary/aromatic N) is 1. The molecular formula is C25H23ClN2O2S. The Labute approximate surface area is 191 Å². The fourth-order valence-corrected chi connectivity index (χ4v) is 4.01. The number of hydrogen-bond donors (Lipinski definition) is 1. The zero-order chi connectivity index (χ0) is 21.8. The highest BCUT2D eigenvalue weighted by Crippen LogP contribution is 2.28. The van der Waals surface area contributed by atoms with Crippen LogP contribution in [0.15, 0.2) is 76.0 Å². The maximum Gasteiger partial charge on any atom is 0.234 e. The summed E-state index contributed by atoms with van der Waals surface area (Å²) in [6.07, 6.45) is 1.08. The molecule has 6 heteroatoms. The second-order valence-electron chi connectivity index (χ2n) is 7.42. The number of carbonyl (C=O) groups excluding carboxylic acids is 1. The summed E-state index contributed by atoms with van der Waals surface area (Å²) >= 11 is 7.36. The standard InChI is InChI=1S/C25H23ClN2O2S/c1-3-16(2)18-6-13-23-22(14-18)28-25(30-23)17-4-9-20(10-5-17)27-24(29)15-31-21-11-7-19(26)8-12-21/h4-14,16H,3,15H2,1-2H3,(H,27,29)/t16-/m0/s1. The Hall–Kier alpha value is -2.76. The number of nitrogens with one attached hydrogen (secondary N) is 1.